The third kappa shape index (κ3) is 5.10. The Labute approximate surface area is 139 Å². The van der Waals surface area contributed by atoms with E-state index in [2.05, 4.69) is 0 Å². The van der Waals surface area contributed by atoms with Crippen LogP contribution in [0.3, 0.4) is 0 Å². The fourth-order valence-electron chi connectivity index (χ4n) is 2.11. The highest BCUT2D eigenvalue weighted by Crippen LogP contribution is 2.29. The number of nitrogens with two attached hydrogens (primary N) is 1. The summed E-state index contributed by atoms with van der Waals surface area (Å²) in [5.74, 6) is 0.844. The molecule has 0 saturated carbocycles. The number of aliphatic hydroxyl groups is 1. The van der Waals surface area contributed by atoms with Crippen LogP contribution in [0.2, 0.25) is 5.02 Å². The number of quaternary nitrogens is 1. The molecule has 2 aromatic carbocycles. The van der Waals surface area contributed by atoms with Gasteiger partial charge in [-0.3, -0.25) is 0 Å². The first kappa shape index (κ1) is 17.5. The van der Waals surface area contributed by atoms with Crippen LogP contribution in [0.4, 0.5) is 4.39 Å². The summed E-state index contributed by atoms with van der Waals surface area (Å²) >= 11 is 5.99. The number of hydrogen-bond acceptors (Lipinski definition) is 3. The third-order valence-electron chi connectivity index (χ3n) is 3.34. The summed E-state index contributed by atoms with van der Waals surface area (Å²) in [5, 5.41) is 11.1. The molecule has 3 N–H and O–H groups in total. The number of rotatable bonds is 8. The minimum absolute atomic E-state index is 0.150. The highest BCUT2D eigenvalue weighted by atomic mass is 35.5. The Morgan fingerprint density at radius 1 is 1.17 bits per heavy atom. The molecule has 0 bridgehead atoms. The normalized spacial score (nSPS) is 10.6. The highest BCUT2D eigenvalue weighted by Gasteiger charge is 2.09. The van der Waals surface area contributed by atoms with E-state index in [-0.39, 0.29) is 19.0 Å². The van der Waals surface area contributed by atoms with E-state index in [4.69, 9.17) is 26.2 Å². The molecule has 0 heterocycles. The Balaban J connectivity index is 2.04. The van der Waals surface area contributed by atoms with Crippen molar-refractivity contribution in [2.24, 2.45) is 0 Å². The van der Waals surface area contributed by atoms with Crippen LogP contribution in [0.5, 0.6) is 11.5 Å². The smallest absolute Gasteiger partial charge is 0.161 e. The SMILES string of the molecule is COc1cc(C[NH2+]CCO)ccc1OCc1ccc(F)cc1Cl. The maximum atomic E-state index is 13.0. The lowest BCUT2D eigenvalue weighted by atomic mass is 10.2. The quantitative estimate of drug-likeness (QED) is 0.724. The van der Waals surface area contributed by atoms with E-state index in [1.807, 2.05) is 23.5 Å². The minimum atomic E-state index is -0.375. The lowest BCUT2D eigenvalue weighted by molar-refractivity contribution is -0.671. The van der Waals surface area contributed by atoms with Crippen molar-refractivity contribution in [2.75, 3.05) is 20.3 Å². The monoisotopic (exact) mass is 340 g/mol. The van der Waals surface area contributed by atoms with Gasteiger partial charge in [0.05, 0.1) is 25.3 Å². The van der Waals surface area contributed by atoms with Crippen molar-refractivity contribution >= 4 is 11.6 Å². The first-order valence-corrected chi connectivity index (χ1v) is 7.68. The maximum Gasteiger partial charge on any atom is 0.161 e. The highest BCUT2D eigenvalue weighted by molar-refractivity contribution is 6.31. The fourth-order valence-corrected chi connectivity index (χ4v) is 2.33. The molecule has 23 heavy (non-hydrogen) atoms. The van der Waals surface area contributed by atoms with Crippen molar-refractivity contribution in [1.29, 1.82) is 0 Å². The average Bonchev–Trinajstić information content (AvgIpc) is 2.55. The largest absolute Gasteiger partial charge is 0.493 e. The number of benzene rings is 2. The molecule has 0 fully saturated rings. The van der Waals surface area contributed by atoms with Crippen LogP contribution >= 0.6 is 11.6 Å². The summed E-state index contributed by atoms with van der Waals surface area (Å²) in [4.78, 5) is 0. The summed E-state index contributed by atoms with van der Waals surface area (Å²) in [6.45, 7) is 1.78. The van der Waals surface area contributed by atoms with Crippen LogP contribution < -0.4 is 14.8 Å². The molecule has 0 aliphatic rings. The summed E-state index contributed by atoms with van der Waals surface area (Å²) in [6.07, 6.45) is 0. The van der Waals surface area contributed by atoms with Crippen LogP contribution in [0, 0.1) is 5.82 Å². The molecule has 0 amide bonds. The van der Waals surface area contributed by atoms with Gasteiger partial charge in [0.25, 0.3) is 0 Å². The summed E-state index contributed by atoms with van der Waals surface area (Å²) in [6, 6.07) is 9.88. The van der Waals surface area contributed by atoms with Gasteiger partial charge in [0.1, 0.15) is 19.0 Å². The van der Waals surface area contributed by atoms with Crippen molar-refractivity contribution in [1.82, 2.24) is 0 Å². The van der Waals surface area contributed by atoms with Gasteiger partial charge in [0.2, 0.25) is 0 Å². The number of halogens is 2. The molecule has 0 aliphatic heterocycles. The predicted molar refractivity (Wildman–Crippen MR) is 86.3 cm³/mol. The van der Waals surface area contributed by atoms with Crippen molar-refractivity contribution in [2.45, 2.75) is 13.2 Å². The van der Waals surface area contributed by atoms with Gasteiger partial charge < -0.3 is 19.9 Å². The molecule has 0 aliphatic carbocycles. The van der Waals surface area contributed by atoms with Gasteiger partial charge in [-0.1, -0.05) is 17.7 Å². The lowest BCUT2D eigenvalue weighted by Gasteiger charge is -2.12. The molecule has 124 valence electrons. The van der Waals surface area contributed by atoms with E-state index in [0.717, 1.165) is 12.1 Å². The second-order valence-corrected chi connectivity index (χ2v) is 5.42. The first-order valence-electron chi connectivity index (χ1n) is 7.30. The van der Waals surface area contributed by atoms with Gasteiger partial charge in [0.15, 0.2) is 11.5 Å². The van der Waals surface area contributed by atoms with E-state index in [9.17, 15) is 4.39 Å². The molecule has 2 aromatic rings. The van der Waals surface area contributed by atoms with Crippen LogP contribution in [-0.4, -0.2) is 25.4 Å². The zero-order valence-corrected chi connectivity index (χ0v) is 13.6. The van der Waals surface area contributed by atoms with Gasteiger partial charge in [-0.15, -0.1) is 0 Å². The first-order chi connectivity index (χ1) is 11.1. The van der Waals surface area contributed by atoms with Gasteiger partial charge in [0, 0.05) is 11.1 Å². The molecule has 0 spiro atoms. The van der Waals surface area contributed by atoms with E-state index in [1.54, 1.807) is 13.2 Å². The topological polar surface area (TPSA) is 55.3 Å². The molecule has 0 radical (unpaired) electrons. The molecule has 4 nitrogen and oxygen atoms in total. The summed E-state index contributed by atoms with van der Waals surface area (Å²) < 4.78 is 24.1. The number of methoxy groups -OCH3 is 1. The molecular formula is C17H20ClFNO3+. The summed E-state index contributed by atoms with van der Waals surface area (Å²) in [5.41, 5.74) is 1.78. The molecule has 0 saturated heterocycles. The second-order valence-electron chi connectivity index (χ2n) is 5.01. The third-order valence-corrected chi connectivity index (χ3v) is 3.69. The molecule has 6 heteroatoms. The fraction of sp³-hybridized carbons (Fsp3) is 0.294. The van der Waals surface area contributed by atoms with Crippen molar-refractivity contribution in [3.05, 3.63) is 58.4 Å². The Bertz CT molecular complexity index is 652. The molecule has 2 rings (SSSR count). The van der Waals surface area contributed by atoms with E-state index in [1.165, 1.54) is 12.1 Å². The van der Waals surface area contributed by atoms with Crippen molar-refractivity contribution in [3.8, 4) is 11.5 Å². The van der Waals surface area contributed by atoms with Crippen LogP contribution in [0.15, 0.2) is 36.4 Å². The van der Waals surface area contributed by atoms with E-state index >= 15 is 0 Å². The Kier molecular flexibility index (Phi) is 6.65. The van der Waals surface area contributed by atoms with E-state index in [0.29, 0.717) is 28.6 Å². The Morgan fingerprint density at radius 3 is 2.70 bits per heavy atom. The summed E-state index contributed by atoms with van der Waals surface area (Å²) in [7, 11) is 1.58. The number of hydrogen-bond donors (Lipinski definition) is 2. The van der Waals surface area contributed by atoms with Crippen molar-refractivity contribution < 1.29 is 24.3 Å². The lowest BCUT2D eigenvalue weighted by Crippen LogP contribution is -2.83. The minimum Gasteiger partial charge on any atom is -0.493 e. The van der Waals surface area contributed by atoms with Crippen LogP contribution in [0.1, 0.15) is 11.1 Å². The average molecular weight is 341 g/mol. The molecule has 0 unspecified atom stereocenters. The van der Waals surface area contributed by atoms with Gasteiger partial charge in [-0.05, 0) is 30.3 Å². The molecule has 0 aromatic heterocycles. The number of ether oxygens (including phenoxy) is 2. The Morgan fingerprint density at radius 2 is 2.00 bits per heavy atom. The van der Waals surface area contributed by atoms with Crippen molar-refractivity contribution in [3.63, 3.8) is 0 Å². The predicted octanol–water partition coefficient (Wildman–Crippen LogP) is 2.12. The van der Waals surface area contributed by atoms with Gasteiger partial charge >= 0.3 is 0 Å². The molecular weight excluding hydrogens is 321 g/mol. The Hall–Kier alpha value is -1.82. The van der Waals surface area contributed by atoms with Gasteiger partial charge in [-0.25, -0.2) is 4.39 Å². The standard InChI is InChI=1S/C17H19ClFNO3/c1-22-17-8-12(10-20-6-7-21)2-5-16(17)23-11-13-3-4-14(19)9-15(13)18/h2-5,8-9,20-21H,6-7,10-11H2,1H3/p+1. The zero-order valence-electron chi connectivity index (χ0n) is 12.9. The van der Waals surface area contributed by atoms with Gasteiger partial charge in [-0.2, -0.15) is 0 Å². The van der Waals surface area contributed by atoms with Crippen LogP contribution in [-0.2, 0) is 13.2 Å². The second kappa shape index (κ2) is 8.72. The maximum absolute atomic E-state index is 13.0. The van der Waals surface area contributed by atoms with E-state index < -0.39 is 0 Å². The number of aliphatic hydroxyl groups excluding tert-OH is 1. The zero-order chi connectivity index (χ0) is 16.7. The van der Waals surface area contributed by atoms with Crippen LogP contribution in [0.25, 0.3) is 0 Å². The molecule has 0 atom stereocenters.